The van der Waals surface area contributed by atoms with Crippen molar-refractivity contribution in [1.82, 2.24) is 18.8 Å². The van der Waals surface area contributed by atoms with Crippen LogP contribution in [0.25, 0.3) is 11.4 Å². The maximum absolute atomic E-state index is 13.3. The number of rotatable bonds is 7. The summed E-state index contributed by atoms with van der Waals surface area (Å²) in [4.78, 5) is 8.76. The molecule has 0 amide bonds. The molecule has 3 aromatic rings. The SMILES string of the molecule is COc1ccc(OC)c(S(=O)(=O)N2CCC(Cn3c(C)cnc3-c3ccncc3)C2)c1. The van der Waals surface area contributed by atoms with Crippen molar-refractivity contribution in [1.29, 1.82) is 0 Å². The molecule has 0 N–H and O–H groups in total. The zero-order chi connectivity index (χ0) is 22.0. The van der Waals surface area contributed by atoms with Crippen LogP contribution in [0.2, 0.25) is 0 Å². The fourth-order valence-electron chi connectivity index (χ4n) is 3.97. The molecule has 2 aromatic heterocycles. The van der Waals surface area contributed by atoms with Crippen LogP contribution < -0.4 is 9.47 Å². The zero-order valence-corrected chi connectivity index (χ0v) is 18.7. The van der Waals surface area contributed by atoms with E-state index in [0.717, 1.165) is 23.5 Å². The van der Waals surface area contributed by atoms with Gasteiger partial charge in [-0.2, -0.15) is 4.31 Å². The quantitative estimate of drug-likeness (QED) is 0.559. The highest BCUT2D eigenvalue weighted by Gasteiger charge is 2.35. The number of nitrogens with zero attached hydrogens (tertiary/aromatic N) is 4. The van der Waals surface area contributed by atoms with Crippen LogP contribution >= 0.6 is 0 Å². The van der Waals surface area contributed by atoms with Crippen molar-refractivity contribution in [2.45, 2.75) is 24.8 Å². The summed E-state index contributed by atoms with van der Waals surface area (Å²) >= 11 is 0. The molecule has 164 valence electrons. The summed E-state index contributed by atoms with van der Waals surface area (Å²) in [7, 11) is -0.723. The molecule has 0 spiro atoms. The van der Waals surface area contributed by atoms with Crippen molar-refractivity contribution in [3.8, 4) is 22.9 Å². The van der Waals surface area contributed by atoms with E-state index in [2.05, 4.69) is 14.5 Å². The number of hydrogen-bond donors (Lipinski definition) is 0. The lowest BCUT2D eigenvalue weighted by Crippen LogP contribution is -2.30. The predicted octanol–water partition coefficient (Wildman–Crippen LogP) is 2.98. The Bertz CT molecular complexity index is 1160. The van der Waals surface area contributed by atoms with Crippen LogP contribution in [0.5, 0.6) is 11.5 Å². The number of aromatic nitrogens is 3. The lowest BCUT2D eigenvalue weighted by Gasteiger charge is -2.20. The average Bonchev–Trinajstić information content (AvgIpc) is 3.42. The van der Waals surface area contributed by atoms with Gasteiger partial charge in [-0.25, -0.2) is 13.4 Å². The number of sulfonamides is 1. The molecule has 3 heterocycles. The summed E-state index contributed by atoms with van der Waals surface area (Å²) < 4.78 is 40.9. The molecule has 1 unspecified atom stereocenters. The highest BCUT2D eigenvalue weighted by atomic mass is 32.2. The lowest BCUT2D eigenvalue weighted by atomic mass is 10.1. The van der Waals surface area contributed by atoms with E-state index in [1.807, 2.05) is 25.3 Å². The van der Waals surface area contributed by atoms with E-state index >= 15 is 0 Å². The molecule has 1 aliphatic heterocycles. The Kier molecular flexibility index (Phi) is 5.97. The van der Waals surface area contributed by atoms with E-state index in [1.165, 1.54) is 24.6 Å². The van der Waals surface area contributed by atoms with Crippen LogP contribution in [0.15, 0.2) is 53.8 Å². The van der Waals surface area contributed by atoms with Crippen molar-refractivity contribution in [3.05, 3.63) is 54.6 Å². The first-order valence-electron chi connectivity index (χ1n) is 10.1. The van der Waals surface area contributed by atoms with E-state index < -0.39 is 10.0 Å². The van der Waals surface area contributed by atoms with Crippen molar-refractivity contribution < 1.29 is 17.9 Å². The Balaban J connectivity index is 1.56. The van der Waals surface area contributed by atoms with Crippen molar-refractivity contribution in [2.24, 2.45) is 5.92 Å². The molecule has 4 rings (SSSR count). The topological polar surface area (TPSA) is 86.5 Å². The third-order valence-electron chi connectivity index (χ3n) is 5.67. The van der Waals surface area contributed by atoms with Gasteiger partial charge >= 0.3 is 0 Å². The van der Waals surface area contributed by atoms with Crippen LogP contribution in [0.3, 0.4) is 0 Å². The molecule has 0 aliphatic carbocycles. The number of methoxy groups -OCH3 is 2. The largest absolute Gasteiger partial charge is 0.497 e. The van der Waals surface area contributed by atoms with E-state index in [4.69, 9.17) is 9.47 Å². The Hall–Kier alpha value is -2.91. The normalized spacial score (nSPS) is 17.1. The number of benzene rings is 1. The van der Waals surface area contributed by atoms with Gasteiger partial charge in [0.15, 0.2) is 0 Å². The third-order valence-corrected chi connectivity index (χ3v) is 7.56. The highest BCUT2D eigenvalue weighted by Crippen LogP contribution is 2.34. The smallest absolute Gasteiger partial charge is 0.246 e. The van der Waals surface area contributed by atoms with E-state index in [9.17, 15) is 8.42 Å². The zero-order valence-electron chi connectivity index (χ0n) is 17.9. The molecule has 9 heteroatoms. The second-order valence-corrected chi connectivity index (χ2v) is 9.51. The van der Waals surface area contributed by atoms with Crippen LogP contribution in [0.1, 0.15) is 12.1 Å². The molecule has 1 aromatic carbocycles. The molecule has 1 saturated heterocycles. The minimum atomic E-state index is -3.70. The van der Waals surface area contributed by atoms with Gasteiger partial charge in [0.2, 0.25) is 10.0 Å². The molecule has 1 atom stereocenters. The highest BCUT2D eigenvalue weighted by molar-refractivity contribution is 7.89. The molecule has 1 fully saturated rings. The summed E-state index contributed by atoms with van der Waals surface area (Å²) in [6.07, 6.45) is 6.11. The van der Waals surface area contributed by atoms with Gasteiger partial charge in [0.25, 0.3) is 0 Å². The second kappa shape index (κ2) is 8.68. The van der Waals surface area contributed by atoms with Crippen LogP contribution in [0.4, 0.5) is 0 Å². The molecule has 0 saturated carbocycles. The summed E-state index contributed by atoms with van der Waals surface area (Å²) in [6.45, 7) is 3.62. The van der Waals surface area contributed by atoms with Gasteiger partial charge in [-0.05, 0) is 43.5 Å². The van der Waals surface area contributed by atoms with Crippen LogP contribution in [-0.4, -0.2) is 54.6 Å². The molecular weight excluding hydrogens is 416 g/mol. The fraction of sp³-hybridized carbons (Fsp3) is 0.364. The summed E-state index contributed by atoms with van der Waals surface area (Å²) in [5, 5.41) is 0. The van der Waals surface area contributed by atoms with Gasteiger partial charge in [-0.15, -0.1) is 0 Å². The van der Waals surface area contributed by atoms with Crippen molar-refractivity contribution in [3.63, 3.8) is 0 Å². The molecule has 1 aliphatic rings. The fourth-order valence-corrected chi connectivity index (χ4v) is 5.67. The number of ether oxygens (including phenoxy) is 2. The predicted molar refractivity (Wildman–Crippen MR) is 117 cm³/mol. The van der Waals surface area contributed by atoms with E-state index in [-0.39, 0.29) is 10.8 Å². The van der Waals surface area contributed by atoms with E-state index in [0.29, 0.717) is 31.1 Å². The van der Waals surface area contributed by atoms with Crippen molar-refractivity contribution in [2.75, 3.05) is 27.3 Å². The van der Waals surface area contributed by atoms with Gasteiger partial charge in [-0.3, -0.25) is 4.98 Å². The van der Waals surface area contributed by atoms with Crippen molar-refractivity contribution >= 4 is 10.0 Å². The summed E-state index contributed by atoms with van der Waals surface area (Å²) in [5.74, 6) is 1.84. The summed E-state index contributed by atoms with van der Waals surface area (Å²) in [6, 6.07) is 8.68. The molecule has 0 radical (unpaired) electrons. The standard InChI is InChI=1S/C22H26N4O4S/c1-16-13-24-22(18-6-9-23-10-7-18)26(16)15-17-8-11-25(14-17)31(27,28)21-12-19(29-2)4-5-20(21)30-3/h4-7,9-10,12-13,17H,8,11,14-15H2,1-3H3. The lowest BCUT2D eigenvalue weighted by molar-refractivity contribution is 0.386. The Morgan fingerprint density at radius 2 is 1.90 bits per heavy atom. The van der Waals surface area contributed by atoms with Crippen LogP contribution in [0, 0.1) is 12.8 Å². The first-order valence-corrected chi connectivity index (χ1v) is 11.5. The van der Waals surface area contributed by atoms with Gasteiger partial charge in [0.1, 0.15) is 22.2 Å². The molecule has 31 heavy (non-hydrogen) atoms. The molecule has 0 bridgehead atoms. The molecule has 8 nitrogen and oxygen atoms in total. The van der Waals surface area contributed by atoms with Gasteiger partial charge in [0.05, 0.1) is 14.2 Å². The first-order chi connectivity index (χ1) is 14.9. The Morgan fingerprint density at radius 3 is 2.61 bits per heavy atom. The minimum Gasteiger partial charge on any atom is -0.497 e. The second-order valence-electron chi connectivity index (χ2n) is 7.60. The van der Waals surface area contributed by atoms with Gasteiger partial charge < -0.3 is 14.0 Å². The maximum atomic E-state index is 13.3. The summed E-state index contributed by atoms with van der Waals surface area (Å²) in [5.41, 5.74) is 2.04. The Morgan fingerprint density at radius 1 is 1.13 bits per heavy atom. The number of aryl methyl sites for hydroxylation is 1. The molecular formula is C22H26N4O4S. The number of hydrogen-bond acceptors (Lipinski definition) is 6. The Labute approximate surface area is 182 Å². The van der Waals surface area contributed by atoms with Gasteiger partial charge in [-0.1, -0.05) is 0 Å². The van der Waals surface area contributed by atoms with Gasteiger partial charge in [0, 0.05) is 55.5 Å². The number of pyridine rings is 1. The van der Waals surface area contributed by atoms with E-state index in [1.54, 1.807) is 24.5 Å². The van der Waals surface area contributed by atoms with Crippen LogP contribution in [-0.2, 0) is 16.6 Å². The third kappa shape index (κ3) is 4.15. The first kappa shape index (κ1) is 21.3. The monoisotopic (exact) mass is 442 g/mol. The average molecular weight is 443 g/mol. The number of imidazole rings is 1. The maximum Gasteiger partial charge on any atom is 0.246 e. The minimum absolute atomic E-state index is 0.131.